The lowest BCUT2D eigenvalue weighted by Gasteiger charge is -2.31. The zero-order chi connectivity index (χ0) is 14.2. The lowest BCUT2D eigenvalue weighted by molar-refractivity contribution is -0.121. The molecule has 1 aromatic heterocycles. The molecule has 1 saturated heterocycles. The van der Waals surface area contributed by atoms with Gasteiger partial charge in [-0.25, -0.2) is 0 Å². The van der Waals surface area contributed by atoms with Gasteiger partial charge in [0.1, 0.15) is 0 Å². The normalized spacial score (nSPS) is 25.5. The van der Waals surface area contributed by atoms with Gasteiger partial charge in [-0.3, -0.25) is 14.8 Å². The lowest BCUT2D eigenvalue weighted by Crippen LogP contribution is -2.46. The number of likely N-dealkylation sites (tertiary alicyclic amines) is 1. The summed E-state index contributed by atoms with van der Waals surface area (Å²) in [4.78, 5) is 14.7. The molecular weight excluding hydrogens is 240 g/mol. The molecule has 5 nitrogen and oxygen atoms in total. The van der Waals surface area contributed by atoms with E-state index in [1.807, 2.05) is 20.8 Å². The monoisotopic (exact) mass is 264 g/mol. The van der Waals surface area contributed by atoms with Crippen LogP contribution in [0.4, 0.5) is 5.69 Å². The number of aromatic amines is 1. The van der Waals surface area contributed by atoms with Crippen LogP contribution in [0.1, 0.15) is 45.0 Å². The van der Waals surface area contributed by atoms with Crippen molar-refractivity contribution in [3.8, 4) is 0 Å². The predicted molar refractivity (Wildman–Crippen MR) is 76.2 cm³/mol. The van der Waals surface area contributed by atoms with Crippen molar-refractivity contribution in [3.63, 3.8) is 0 Å². The van der Waals surface area contributed by atoms with Crippen LogP contribution in [0, 0.1) is 13.8 Å². The number of carbonyl (C=O) groups excluding carboxylic acids is 1. The molecular formula is C14H24N4O. The number of hydrogen-bond acceptors (Lipinski definition) is 3. The Hall–Kier alpha value is -1.36. The molecule has 0 spiro atoms. The zero-order valence-corrected chi connectivity index (χ0v) is 12.4. The number of H-pyrrole nitrogens is 1. The van der Waals surface area contributed by atoms with E-state index in [9.17, 15) is 4.79 Å². The summed E-state index contributed by atoms with van der Waals surface area (Å²) in [7, 11) is 0. The maximum atomic E-state index is 12.4. The third kappa shape index (κ3) is 2.66. The fraction of sp³-hybridized carbons (Fsp3) is 0.714. The number of rotatable bonds is 3. The van der Waals surface area contributed by atoms with Crippen molar-refractivity contribution in [2.45, 2.75) is 65.6 Å². The largest absolute Gasteiger partial charge is 0.322 e. The Bertz CT molecular complexity index is 439. The highest BCUT2D eigenvalue weighted by molar-refractivity contribution is 5.95. The number of nitrogens with one attached hydrogen (secondary N) is 2. The van der Waals surface area contributed by atoms with Crippen LogP contribution in [0.2, 0.25) is 0 Å². The molecule has 3 atom stereocenters. The van der Waals surface area contributed by atoms with Crippen molar-refractivity contribution in [3.05, 3.63) is 11.4 Å². The van der Waals surface area contributed by atoms with Crippen LogP contribution in [0.5, 0.6) is 0 Å². The summed E-state index contributed by atoms with van der Waals surface area (Å²) in [5.41, 5.74) is 2.55. The summed E-state index contributed by atoms with van der Waals surface area (Å²) in [6.45, 7) is 10.2. The summed E-state index contributed by atoms with van der Waals surface area (Å²) in [5.74, 6) is 0.0493. The van der Waals surface area contributed by atoms with Crippen molar-refractivity contribution in [1.29, 1.82) is 0 Å². The number of anilines is 1. The molecule has 1 amide bonds. The maximum absolute atomic E-state index is 12.4. The van der Waals surface area contributed by atoms with Gasteiger partial charge in [-0.2, -0.15) is 5.10 Å². The van der Waals surface area contributed by atoms with E-state index in [0.717, 1.165) is 17.1 Å². The second kappa shape index (κ2) is 5.33. The molecule has 3 unspecified atom stereocenters. The second-order valence-electron chi connectivity index (χ2n) is 5.70. The van der Waals surface area contributed by atoms with Crippen molar-refractivity contribution in [1.82, 2.24) is 15.1 Å². The van der Waals surface area contributed by atoms with Gasteiger partial charge >= 0.3 is 0 Å². The fourth-order valence-electron chi connectivity index (χ4n) is 3.08. The summed E-state index contributed by atoms with van der Waals surface area (Å²) in [6.07, 6.45) is 2.34. The van der Waals surface area contributed by atoms with Gasteiger partial charge in [-0.1, -0.05) is 0 Å². The molecule has 1 aromatic rings. The second-order valence-corrected chi connectivity index (χ2v) is 5.70. The molecule has 1 fully saturated rings. The number of hydrogen-bond donors (Lipinski definition) is 2. The standard InChI is InChI=1S/C14H24N4O/c1-8-6-7-9(2)18(8)12(5)14(19)15-13-10(3)16-17-11(13)4/h8-9,12H,6-7H2,1-5H3,(H,15,19)(H,16,17). The molecule has 2 heterocycles. The summed E-state index contributed by atoms with van der Waals surface area (Å²) < 4.78 is 0. The smallest absolute Gasteiger partial charge is 0.241 e. The minimum Gasteiger partial charge on any atom is -0.322 e. The van der Waals surface area contributed by atoms with Crippen LogP contribution in [0.3, 0.4) is 0 Å². The van der Waals surface area contributed by atoms with Gasteiger partial charge in [0, 0.05) is 12.1 Å². The Morgan fingerprint density at radius 1 is 1.37 bits per heavy atom. The number of aromatic nitrogens is 2. The van der Waals surface area contributed by atoms with Gasteiger partial charge in [0.15, 0.2) is 0 Å². The summed E-state index contributed by atoms with van der Waals surface area (Å²) in [6, 6.07) is 0.839. The molecule has 1 aliphatic rings. The predicted octanol–water partition coefficient (Wildman–Crippen LogP) is 2.23. The first-order valence-electron chi connectivity index (χ1n) is 7.01. The van der Waals surface area contributed by atoms with E-state index in [-0.39, 0.29) is 11.9 Å². The van der Waals surface area contributed by atoms with E-state index in [2.05, 4.69) is 34.3 Å². The van der Waals surface area contributed by atoms with E-state index in [1.54, 1.807) is 0 Å². The van der Waals surface area contributed by atoms with Gasteiger partial charge < -0.3 is 5.32 Å². The quantitative estimate of drug-likeness (QED) is 0.880. The van der Waals surface area contributed by atoms with Crippen molar-refractivity contribution >= 4 is 11.6 Å². The van der Waals surface area contributed by atoms with Gasteiger partial charge in [0.2, 0.25) is 5.91 Å². The topological polar surface area (TPSA) is 61.0 Å². The highest BCUT2D eigenvalue weighted by Crippen LogP contribution is 2.26. The van der Waals surface area contributed by atoms with Crippen molar-refractivity contribution < 1.29 is 4.79 Å². The molecule has 0 aromatic carbocycles. The van der Waals surface area contributed by atoms with Crippen LogP contribution in [-0.4, -0.2) is 39.1 Å². The molecule has 2 N–H and O–H groups in total. The summed E-state index contributed by atoms with van der Waals surface area (Å²) in [5, 5.41) is 9.99. The van der Waals surface area contributed by atoms with E-state index >= 15 is 0 Å². The van der Waals surface area contributed by atoms with Gasteiger partial charge in [0.05, 0.1) is 23.1 Å². The number of carbonyl (C=O) groups is 1. The van der Waals surface area contributed by atoms with Crippen LogP contribution in [-0.2, 0) is 4.79 Å². The molecule has 19 heavy (non-hydrogen) atoms. The molecule has 0 aliphatic carbocycles. The van der Waals surface area contributed by atoms with Gasteiger partial charge in [0.25, 0.3) is 0 Å². The third-order valence-corrected chi connectivity index (χ3v) is 4.22. The van der Waals surface area contributed by atoms with E-state index in [0.29, 0.717) is 12.1 Å². The minimum atomic E-state index is -0.110. The number of amides is 1. The molecule has 2 rings (SSSR count). The van der Waals surface area contributed by atoms with Gasteiger partial charge in [-0.05, 0) is 47.5 Å². The van der Waals surface area contributed by atoms with E-state index < -0.39 is 0 Å². The Kier molecular flexibility index (Phi) is 3.94. The average Bonchev–Trinajstić information content (AvgIpc) is 2.85. The molecule has 0 saturated carbocycles. The molecule has 5 heteroatoms. The highest BCUT2D eigenvalue weighted by atomic mass is 16.2. The first kappa shape index (κ1) is 14.1. The molecule has 0 bridgehead atoms. The molecule has 0 radical (unpaired) electrons. The van der Waals surface area contributed by atoms with Gasteiger partial charge in [-0.15, -0.1) is 0 Å². The summed E-state index contributed by atoms with van der Waals surface area (Å²) >= 11 is 0. The molecule has 1 aliphatic heterocycles. The van der Waals surface area contributed by atoms with E-state index in [1.165, 1.54) is 12.8 Å². The SMILES string of the molecule is Cc1n[nH]c(C)c1NC(=O)C(C)N1C(C)CCC1C. The third-order valence-electron chi connectivity index (χ3n) is 4.22. The fourth-order valence-corrected chi connectivity index (χ4v) is 3.08. The van der Waals surface area contributed by atoms with Crippen molar-refractivity contribution in [2.24, 2.45) is 0 Å². The highest BCUT2D eigenvalue weighted by Gasteiger charge is 2.34. The van der Waals surface area contributed by atoms with Crippen LogP contribution in [0.15, 0.2) is 0 Å². The van der Waals surface area contributed by atoms with Crippen LogP contribution in [0.25, 0.3) is 0 Å². The Morgan fingerprint density at radius 3 is 2.42 bits per heavy atom. The Morgan fingerprint density at radius 2 is 1.95 bits per heavy atom. The minimum absolute atomic E-state index is 0.0493. The van der Waals surface area contributed by atoms with Crippen LogP contribution < -0.4 is 5.32 Å². The zero-order valence-electron chi connectivity index (χ0n) is 12.4. The maximum Gasteiger partial charge on any atom is 0.241 e. The Labute approximate surface area is 114 Å². The van der Waals surface area contributed by atoms with Crippen molar-refractivity contribution in [2.75, 3.05) is 5.32 Å². The van der Waals surface area contributed by atoms with E-state index in [4.69, 9.17) is 0 Å². The number of aryl methyl sites for hydroxylation is 2. The van der Waals surface area contributed by atoms with Crippen LogP contribution >= 0.6 is 0 Å². The Balaban J connectivity index is 2.08. The molecule has 106 valence electrons. The first-order valence-corrected chi connectivity index (χ1v) is 7.01. The number of nitrogens with zero attached hydrogens (tertiary/aromatic N) is 2. The average molecular weight is 264 g/mol. The first-order chi connectivity index (χ1) is 8.91. The lowest BCUT2D eigenvalue weighted by atomic mass is 10.2.